The van der Waals surface area contributed by atoms with Crippen molar-refractivity contribution >= 4 is 53.2 Å². The zero-order valence-electron chi connectivity index (χ0n) is 18.5. The standard InChI is InChI=1S/C25H29N4PS2/c1-20-8-12-23(13-9-20)28-17-18-29(24-14-10-21(2)11-15-24)30(28)32-19-16-26-25(31)27-22-6-4-3-5-7-22/h3-15H,16-19H2,1-2H3,(H2,26,27,31). The number of rotatable bonds is 7. The summed E-state index contributed by atoms with van der Waals surface area (Å²) in [5.74, 6) is 0.979. The molecule has 0 bridgehead atoms. The largest absolute Gasteiger partial charge is 0.362 e. The number of aryl methyl sites for hydroxylation is 2. The molecule has 7 heteroatoms. The van der Waals surface area contributed by atoms with Gasteiger partial charge in [0.2, 0.25) is 0 Å². The molecule has 2 N–H and O–H groups in total. The maximum atomic E-state index is 5.46. The molecule has 166 valence electrons. The van der Waals surface area contributed by atoms with Gasteiger partial charge in [0.05, 0.1) is 0 Å². The highest BCUT2D eigenvalue weighted by molar-refractivity contribution is 8.56. The second-order valence-corrected chi connectivity index (χ2v) is 12.1. The highest BCUT2D eigenvalue weighted by Crippen LogP contribution is 2.61. The number of thiocarbonyl (C=S) groups is 1. The molecule has 0 aromatic heterocycles. The zero-order chi connectivity index (χ0) is 22.3. The smallest absolute Gasteiger partial charge is 0.170 e. The molecule has 0 atom stereocenters. The zero-order valence-corrected chi connectivity index (χ0v) is 21.0. The van der Waals surface area contributed by atoms with E-state index in [2.05, 4.69) is 82.4 Å². The number of anilines is 3. The summed E-state index contributed by atoms with van der Waals surface area (Å²) >= 11 is 7.47. The van der Waals surface area contributed by atoms with E-state index in [9.17, 15) is 0 Å². The van der Waals surface area contributed by atoms with Gasteiger partial charge >= 0.3 is 0 Å². The summed E-state index contributed by atoms with van der Waals surface area (Å²) in [4.78, 5) is 0. The molecule has 32 heavy (non-hydrogen) atoms. The summed E-state index contributed by atoms with van der Waals surface area (Å²) < 4.78 is 5.14. The SMILES string of the molecule is Cc1ccc(N2CCN(c3ccc(C)cc3)P2SCCNC(=S)Nc2ccccc2)cc1. The highest BCUT2D eigenvalue weighted by atomic mass is 32.7. The Morgan fingerprint density at radius 3 is 1.91 bits per heavy atom. The van der Waals surface area contributed by atoms with Gasteiger partial charge in [-0.1, -0.05) is 65.0 Å². The van der Waals surface area contributed by atoms with Crippen LogP contribution in [0.2, 0.25) is 0 Å². The summed E-state index contributed by atoms with van der Waals surface area (Å²) in [7, 11) is -0.543. The Hall–Kier alpha value is -2.27. The summed E-state index contributed by atoms with van der Waals surface area (Å²) in [5, 5.41) is 7.27. The first kappa shape index (κ1) is 22.9. The van der Waals surface area contributed by atoms with Crippen LogP contribution < -0.4 is 20.0 Å². The predicted molar refractivity (Wildman–Crippen MR) is 147 cm³/mol. The van der Waals surface area contributed by atoms with Crippen LogP contribution in [0.25, 0.3) is 0 Å². The van der Waals surface area contributed by atoms with Crippen LogP contribution in [0.4, 0.5) is 17.1 Å². The topological polar surface area (TPSA) is 30.5 Å². The molecule has 1 heterocycles. The van der Waals surface area contributed by atoms with E-state index < -0.39 is 7.42 Å². The third-order valence-corrected chi connectivity index (χ3v) is 10.2. The predicted octanol–water partition coefficient (Wildman–Crippen LogP) is 6.58. The van der Waals surface area contributed by atoms with Crippen LogP contribution >= 0.6 is 31.0 Å². The lowest BCUT2D eigenvalue weighted by atomic mass is 10.2. The molecule has 0 aliphatic carbocycles. The molecular formula is C25H29N4PS2. The highest BCUT2D eigenvalue weighted by Gasteiger charge is 2.33. The Kier molecular flexibility index (Phi) is 7.90. The van der Waals surface area contributed by atoms with E-state index in [0.29, 0.717) is 5.11 Å². The molecule has 3 aromatic carbocycles. The summed E-state index contributed by atoms with van der Waals surface area (Å²) in [5.41, 5.74) is 6.21. The van der Waals surface area contributed by atoms with E-state index in [0.717, 1.165) is 31.1 Å². The van der Waals surface area contributed by atoms with Gasteiger partial charge in [-0.25, -0.2) is 0 Å². The molecule has 3 aromatic rings. The maximum Gasteiger partial charge on any atom is 0.170 e. The lowest BCUT2D eigenvalue weighted by Gasteiger charge is -2.31. The summed E-state index contributed by atoms with van der Waals surface area (Å²) in [6.45, 7) is 7.18. The molecule has 0 spiro atoms. The first-order valence-corrected chi connectivity index (χ1v) is 14.1. The van der Waals surface area contributed by atoms with Crippen LogP contribution in [0.1, 0.15) is 11.1 Å². The normalized spacial score (nSPS) is 13.9. The molecule has 4 rings (SSSR count). The van der Waals surface area contributed by atoms with Gasteiger partial charge in [-0.2, -0.15) is 0 Å². The fourth-order valence-corrected chi connectivity index (χ4v) is 8.46. The van der Waals surface area contributed by atoms with Crippen molar-refractivity contribution in [3.63, 3.8) is 0 Å². The monoisotopic (exact) mass is 480 g/mol. The second kappa shape index (κ2) is 11.0. The van der Waals surface area contributed by atoms with Crippen molar-refractivity contribution in [1.82, 2.24) is 5.32 Å². The van der Waals surface area contributed by atoms with Crippen molar-refractivity contribution in [2.75, 3.05) is 40.0 Å². The minimum absolute atomic E-state index is 0.543. The number of para-hydroxylation sites is 1. The van der Waals surface area contributed by atoms with Crippen LogP contribution in [0.3, 0.4) is 0 Å². The van der Waals surface area contributed by atoms with Gasteiger partial charge in [0.25, 0.3) is 0 Å². The number of benzene rings is 3. The van der Waals surface area contributed by atoms with E-state index in [1.54, 1.807) is 0 Å². The molecule has 4 nitrogen and oxygen atoms in total. The Morgan fingerprint density at radius 2 is 1.38 bits per heavy atom. The van der Waals surface area contributed by atoms with Gasteiger partial charge in [-0.3, -0.25) is 0 Å². The van der Waals surface area contributed by atoms with Gasteiger partial charge < -0.3 is 20.0 Å². The quantitative estimate of drug-likeness (QED) is 0.226. The fourth-order valence-electron chi connectivity index (χ4n) is 3.51. The van der Waals surface area contributed by atoms with Crippen molar-refractivity contribution in [3.05, 3.63) is 90.0 Å². The average Bonchev–Trinajstić information content (AvgIpc) is 3.22. The van der Waals surface area contributed by atoms with Crippen molar-refractivity contribution in [2.24, 2.45) is 0 Å². The summed E-state index contributed by atoms with van der Waals surface area (Å²) in [6.07, 6.45) is 0. The van der Waals surface area contributed by atoms with Crippen LogP contribution in [0, 0.1) is 13.8 Å². The molecule has 1 fully saturated rings. The molecule has 0 saturated carbocycles. The van der Waals surface area contributed by atoms with Gasteiger partial charge in [-0.05, 0) is 62.5 Å². The van der Waals surface area contributed by atoms with Crippen LogP contribution in [0.15, 0.2) is 78.9 Å². The van der Waals surface area contributed by atoms with E-state index in [1.165, 1.54) is 22.5 Å². The second-order valence-electron chi connectivity index (χ2n) is 7.75. The Labute approximate surface area is 202 Å². The Morgan fingerprint density at radius 1 is 0.844 bits per heavy atom. The van der Waals surface area contributed by atoms with Gasteiger partial charge in [0, 0.05) is 42.4 Å². The number of hydrogen-bond acceptors (Lipinski definition) is 4. The maximum absolute atomic E-state index is 5.46. The molecule has 0 unspecified atom stereocenters. The van der Waals surface area contributed by atoms with E-state index in [1.807, 2.05) is 41.7 Å². The van der Waals surface area contributed by atoms with E-state index >= 15 is 0 Å². The number of hydrogen-bond donors (Lipinski definition) is 2. The lowest BCUT2D eigenvalue weighted by Crippen LogP contribution is -2.30. The van der Waals surface area contributed by atoms with Crippen molar-refractivity contribution in [2.45, 2.75) is 13.8 Å². The van der Waals surface area contributed by atoms with Gasteiger partial charge in [0.1, 0.15) is 0 Å². The lowest BCUT2D eigenvalue weighted by molar-refractivity contribution is 0.993. The number of nitrogens with zero attached hydrogens (tertiary/aromatic N) is 2. The molecule has 1 aliphatic heterocycles. The first-order valence-electron chi connectivity index (χ1n) is 10.8. The van der Waals surface area contributed by atoms with Gasteiger partial charge in [0.15, 0.2) is 12.5 Å². The molecule has 0 amide bonds. The van der Waals surface area contributed by atoms with Crippen LogP contribution in [-0.2, 0) is 0 Å². The average molecular weight is 481 g/mol. The third kappa shape index (κ3) is 5.94. The Balaban J connectivity index is 1.39. The Bertz CT molecular complexity index is 959. The third-order valence-electron chi connectivity index (χ3n) is 5.23. The van der Waals surface area contributed by atoms with Crippen molar-refractivity contribution < 1.29 is 0 Å². The summed E-state index contributed by atoms with van der Waals surface area (Å²) in [6, 6.07) is 27.9. The fraction of sp³-hybridized carbons (Fsp3) is 0.240. The molecule has 1 saturated heterocycles. The minimum Gasteiger partial charge on any atom is -0.362 e. The molecule has 1 aliphatic rings. The van der Waals surface area contributed by atoms with Gasteiger partial charge in [-0.15, -0.1) is 0 Å². The first-order chi connectivity index (χ1) is 15.6. The molecule has 0 radical (unpaired) electrons. The van der Waals surface area contributed by atoms with E-state index in [4.69, 9.17) is 12.2 Å². The minimum atomic E-state index is -0.543. The van der Waals surface area contributed by atoms with Crippen molar-refractivity contribution in [3.8, 4) is 0 Å². The number of nitrogens with one attached hydrogen (secondary N) is 2. The molecular weight excluding hydrogens is 451 g/mol. The van der Waals surface area contributed by atoms with Crippen LogP contribution in [0.5, 0.6) is 0 Å². The van der Waals surface area contributed by atoms with Crippen molar-refractivity contribution in [1.29, 1.82) is 0 Å². The van der Waals surface area contributed by atoms with E-state index in [-0.39, 0.29) is 0 Å². The van der Waals surface area contributed by atoms with Crippen LogP contribution in [-0.4, -0.2) is 30.5 Å².